The molecule has 1 unspecified atom stereocenters. The summed E-state index contributed by atoms with van der Waals surface area (Å²) in [5.74, 6) is 0.206. The molecule has 0 aromatic carbocycles. The van der Waals surface area contributed by atoms with Crippen LogP contribution < -0.4 is 10.6 Å². The van der Waals surface area contributed by atoms with Gasteiger partial charge in [-0.15, -0.1) is 0 Å². The molecule has 14 heavy (non-hydrogen) atoms. The van der Waals surface area contributed by atoms with Crippen LogP contribution in [0.1, 0.15) is 40.5 Å². The third-order valence-corrected chi connectivity index (χ3v) is 2.89. The Balaban J connectivity index is 2.66. The fraction of sp³-hybridized carbons (Fsp3) is 0.909. The SMILES string of the molecule is CCC1(C(=O)NC(C)(C)C)CCNC1. The van der Waals surface area contributed by atoms with Crippen molar-refractivity contribution >= 4 is 5.91 Å². The van der Waals surface area contributed by atoms with Crippen molar-refractivity contribution in [3.8, 4) is 0 Å². The Morgan fingerprint density at radius 1 is 1.50 bits per heavy atom. The lowest BCUT2D eigenvalue weighted by atomic mass is 9.82. The third-order valence-electron chi connectivity index (χ3n) is 2.89. The molecule has 0 radical (unpaired) electrons. The average Bonchev–Trinajstić information content (AvgIpc) is 2.49. The highest BCUT2D eigenvalue weighted by Crippen LogP contribution is 2.30. The molecule has 0 aromatic heterocycles. The minimum absolute atomic E-state index is 0.123. The van der Waals surface area contributed by atoms with Crippen LogP contribution in [0.25, 0.3) is 0 Å². The first-order valence-corrected chi connectivity index (χ1v) is 5.43. The van der Waals surface area contributed by atoms with E-state index in [1.165, 1.54) is 0 Å². The van der Waals surface area contributed by atoms with Crippen LogP contribution in [0.3, 0.4) is 0 Å². The topological polar surface area (TPSA) is 41.1 Å². The van der Waals surface area contributed by atoms with Crippen LogP contribution in [0.4, 0.5) is 0 Å². The molecule has 1 fully saturated rings. The zero-order valence-corrected chi connectivity index (χ0v) is 9.74. The van der Waals surface area contributed by atoms with Crippen LogP contribution in [0.2, 0.25) is 0 Å². The summed E-state index contributed by atoms with van der Waals surface area (Å²) < 4.78 is 0. The van der Waals surface area contributed by atoms with E-state index in [4.69, 9.17) is 0 Å². The highest BCUT2D eigenvalue weighted by molar-refractivity contribution is 5.83. The normalized spacial score (nSPS) is 27.7. The van der Waals surface area contributed by atoms with Gasteiger partial charge in [0.1, 0.15) is 0 Å². The van der Waals surface area contributed by atoms with Gasteiger partial charge in [-0.05, 0) is 40.2 Å². The van der Waals surface area contributed by atoms with Crippen molar-refractivity contribution in [2.45, 2.75) is 46.1 Å². The Labute approximate surface area is 86.6 Å². The van der Waals surface area contributed by atoms with E-state index in [1.807, 2.05) is 20.8 Å². The first-order chi connectivity index (χ1) is 6.40. The van der Waals surface area contributed by atoms with Gasteiger partial charge >= 0.3 is 0 Å². The number of amides is 1. The van der Waals surface area contributed by atoms with E-state index in [0.717, 1.165) is 25.9 Å². The van der Waals surface area contributed by atoms with Gasteiger partial charge in [0.05, 0.1) is 5.41 Å². The maximum atomic E-state index is 12.1. The summed E-state index contributed by atoms with van der Waals surface area (Å²) in [5, 5.41) is 6.34. The first kappa shape index (κ1) is 11.5. The Bertz CT molecular complexity index is 212. The molecule has 1 aliphatic rings. The molecule has 1 atom stereocenters. The van der Waals surface area contributed by atoms with E-state index in [9.17, 15) is 4.79 Å². The number of carbonyl (C=O) groups is 1. The predicted molar refractivity (Wildman–Crippen MR) is 58.1 cm³/mol. The molecule has 0 bridgehead atoms. The fourth-order valence-electron chi connectivity index (χ4n) is 1.87. The summed E-state index contributed by atoms with van der Waals surface area (Å²) in [6.45, 7) is 9.95. The molecule has 3 nitrogen and oxygen atoms in total. The maximum absolute atomic E-state index is 12.1. The van der Waals surface area contributed by atoms with Gasteiger partial charge in [-0.1, -0.05) is 6.92 Å². The molecule has 82 valence electrons. The quantitative estimate of drug-likeness (QED) is 0.702. The van der Waals surface area contributed by atoms with Crippen molar-refractivity contribution in [2.75, 3.05) is 13.1 Å². The molecule has 0 spiro atoms. The van der Waals surface area contributed by atoms with E-state index in [2.05, 4.69) is 17.6 Å². The summed E-state index contributed by atoms with van der Waals surface area (Å²) in [5.41, 5.74) is -0.283. The van der Waals surface area contributed by atoms with Crippen LogP contribution in [0.5, 0.6) is 0 Å². The van der Waals surface area contributed by atoms with Crippen LogP contribution in [0.15, 0.2) is 0 Å². The second kappa shape index (κ2) is 3.89. The largest absolute Gasteiger partial charge is 0.351 e. The smallest absolute Gasteiger partial charge is 0.227 e. The molecular weight excluding hydrogens is 176 g/mol. The van der Waals surface area contributed by atoms with E-state index in [1.54, 1.807) is 0 Å². The Morgan fingerprint density at radius 2 is 2.14 bits per heavy atom. The highest BCUT2D eigenvalue weighted by Gasteiger charge is 2.40. The Kier molecular flexibility index (Phi) is 3.20. The molecule has 1 saturated heterocycles. The van der Waals surface area contributed by atoms with Gasteiger partial charge < -0.3 is 10.6 Å². The summed E-state index contributed by atoms with van der Waals surface area (Å²) in [7, 11) is 0. The van der Waals surface area contributed by atoms with Gasteiger partial charge in [-0.2, -0.15) is 0 Å². The molecule has 3 heteroatoms. The number of nitrogens with one attached hydrogen (secondary N) is 2. The van der Waals surface area contributed by atoms with Crippen LogP contribution in [-0.4, -0.2) is 24.5 Å². The maximum Gasteiger partial charge on any atom is 0.227 e. The zero-order chi connectivity index (χ0) is 10.8. The van der Waals surface area contributed by atoms with Crippen molar-refractivity contribution in [2.24, 2.45) is 5.41 Å². The standard InChI is InChI=1S/C11H22N2O/c1-5-11(6-7-12-8-11)9(14)13-10(2,3)4/h12H,5-8H2,1-4H3,(H,13,14). The van der Waals surface area contributed by atoms with Crippen LogP contribution in [0, 0.1) is 5.41 Å². The fourth-order valence-corrected chi connectivity index (χ4v) is 1.87. The number of hydrogen-bond donors (Lipinski definition) is 2. The molecule has 0 aliphatic carbocycles. The number of carbonyl (C=O) groups excluding carboxylic acids is 1. The monoisotopic (exact) mass is 198 g/mol. The predicted octanol–water partition coefficient (Wildman–Crippen LogP) is 1.29. The number of rotatable bonds is 2. The lowest BCUT2D eigenvalue weighted by Crippen LogP contribution is -2.49. The lowest BCUT2D eigenvalue weighted by Gasteiger charge is -2.30. The average molecular weight is 198 g/mol. The third kappa shape index (κ3) is 2.47. The highest BCUT2D eigenvalue weighted by atomic mass is 16.2. The molecule has 1 rings (SSSR count). The molecular formula is C11H22N2O. The summed E-state index contributed by atoms with van der Waals surface area (Å²) in [4.78, 5) is 12.1. The van der Waals surface area contributed by atoms with Crippen molar-refractivity contribution in [1.29, 1.82) is 0 Å². The first-order valence-electron chi connectivity index (χ1n) is 5.43. The summed E-state index contributed by atoms with van der Waals surface area (Å²) >= 11 is 0. The van der Waals surface area contributed by atoms with E-state index in [0.29, 0.717) is 0 Å². The van der Waals surface area contributed by atoms with Gasteiger partial charge in [0.25, 0.3) is 0 Å². The zero-order valence-electron chi connectivity index (χ0n) is 9.74. The molecule has 2 N–H and O–H groups in total. The summed E-state index contributed by atoms with van der Waals surface area (Å²) in [6, 6.07) is 0. The van der Waals surface area contributed by atoms with E-state index >= 15 is 0 Å². The van der Waals surface area contributed by atoms with Crippen molar-refractivity contribution < 1.29 is 4.79 Å². The second-order valence-electron chi connectivity index (χ2n) is 5.26. The van der Waals surface area contributed by atoms with Gasteiger partial charge in [0.15, 0.2) is 0 Å². The molecule has 0 saturated carbocycles. The minimum Gasteiger partial charge on any atom is -0.351 e. The van der Waals surface area contributed by atoms with Gasteiger partial charge in [-0.25, -0.2) is 0 Å². The Morgan fingerprint density at radius 3 is 2.50 bits per heavy atom. The Hall–Kier alpha value is -0.570. The van der Waals surface area contributed by atoms with E-state index < -0.39 is 0 Å². The van der Waals surface area contributed by atoms with Crippen LogP contribution >= 0.6 is 0 Å². The van der Waals surface area contributed by atoms with Gasteiger partial charge in [0.2, 0.25) is 5.91 Å². The van der Waals surface area contributed by atoms with E-state index in [-0.39, 0.29) is 16.9 Å². The summed E-state index contributed by atoms with van der Waals surface area (Å²) in [6.07, 6.45) is 1.88. The van der Waals surface area contributed by atoms with Gasteiger partial charge in [0, 0.05) is 12.1 Å². The second-order valence-corrected chi connectivity index (χ2v) is 5.26. The molecule has 1 amide bonds. The molecule has 1 aliphatic heterocycles. The van der Waals surface area contributed by atoms with Gasteiger partial charge in [-0.3, -0.25) is 4.79 Å². The molecule has 1 heterocycles. The number of hydrogen-bond acceptors (Lipinski definition) is 2. The van der Waals surface area contributed by atoms with Crippen molar-refractivity contribution in [1.82, 2.24) is 10.6 Å². The van der Waals surface area contributed by atoms with Crippen LogP contribution in [-0.2, 0) is 4.79 Å². The van der Waals surface area contributed by atoms with Crippen molar-refractivity contribution in [3.05, 3.63) is 0 Å². The molecule has 0 aromatic rings. The minimum atomic E-state index is -0.159. The van der Waals surface area contributed by atoms with Crippen molar-refractivity contribution in [3.63, 3.8) is 0 Å². The lowest BCUT2D eigenvalue weighted by molar-refractivity contribution is -0.131.